The lowest BCUT2D eigenvalue weighted by atomic mass is 9.97. The van der Waals surface area contributed by atoms with E-state index in [9.17, 15) is 0 Å². The molecule has 1 aromatic carbocycles. The van der Waals surface area contributed by atoms with Gasteiger partial charge < -0.3 is 14.8 Å². The zero-order valence-corrected chi connectivity index (χ0v) is 16.6. The first-order valence-corrected chi connectivity index (χ1v) is 9.37. The van der Waals surface area contributed by atoms with Crippen molar-refractivity contribution in [2.75, 3.05) is 33.9 Å². The lowest BCUT2D eigenvalue weighted by molar-refractivity contribution is 0.139. The molecule has 3 rings (SSSR count). The van der Waals surface area contributed by atoms with E-state index in [0.717, 1.165) is 36.4 Å². The van der Waals surface area contributed by atoms with Crippen molar-refractivity contribution < 1.29 is 9.47 Å². The number of hydrogen-bond acceptors (Lipinski definition) is 4. The summed E-state index contributed by atoms with van der Waals surface area (Å²) in [4.78, 5) is 2.68. The van der Waals surface area contributed by atoms with Gasteiger partial charge in [0.2, 0.25) is 0 Å². The van der Waals surface area contributed by atoms with Crippen LogP contribution in [0.5, 0.6) is 11.5 Å². The average molecular weight is 369 g/mol. The molecule has 2 atom stereocenters. The fourth-order valence-corrected chi connectivity index (χ4v) is 3.86. The van der Waals surface area contributed by atoms with Gasteiger partial charge in [0, 0.05) is 30.8 Å². The van der Waals surface area contributed by atoms with Gasteiger partial charge in [-0.15, -0.1) is 12.4 Å². The average Bonchev–Trinajstić information content (AvgIpc) is 3.46. The van der Waals surface area contributed by atoms with Crippen LogP contribution in [0.25, 0.3) is 0 Å². The maximum Gasteiger partial charge on any atom is 0.127 e. The van der Waals surface area contributed by atoms with Crippen LogP contribution in [0.1, 0.15) is 38.2 Å². The summed E-state index contributed by atoms with van der Waals surface area (Å²) in [5, 5.41) is 3.56. The van der Waals surface area contributed by atoms with Crippen LogP contribution in [-0.4, -0.2) is 44.8 Å². The number of methoxy groups -OCH3 is 2. The van der Waals surface area contributed by atoms with Crippen molar-refractivity contribution in [2.24, 2.45) is 11.8 Å². The zero-order valence-electron chi connectivity index (χ0n) is 15.8. The molecule has 1 saturated carbocycles. The summed E-state index contributed by atoms with van der Waals surface area (Å²) in [7, 11) is 3.45. The predicted octanol–water partition coefficient (Wildman–Crippen LogP) is 3.73. The third-order valence-electron chi connectivity index (χ3n) is 5.64. The van der Waals surface area contributed by atoms with Crippen molar-refractivity contribution in [3.8, 4) is 11.5 Å². The van der Waals surface area contributed by atoms with E-state index in [1.54, 1.807) is 14.2 Å². The van der Waals surface area contributed by atoms with Gasteiger partial charge in [-0.05, 0) is 63.6 Å². The molecule has 0 radical (unpaired) electrons. The standard InChI is InChI=1S/C20H32N2O2.ClH/c1-15(17-6-7-17)22(13-16-5-4-10-21-12-16)14-18-8-9-19(23-2)11-20(18)24-3;/h8-9,11,15-17,21H,4-7,10,12-14H2,1-3H3;1H. The highest BCUT2D eigenvalue weighted by atomic mass is 35.5. The molecule has 0 spiro atoms. The molecule has 1 aliphatic carbocycles. The first-order chi connectivity index (χ1) is 11.7. The van der Waals surface area contributed by atoms with E-state index in [1.807, 2.05) is 12.1 Å². The topological polar surface area (TPSA) is 33.7 Å². The molecule has 1 aliphatic heterocycles. The number of hydrogen-bond donors (Lipinski definition) is 1. The molecule has 142 valence electrons. The van der Waals surface area contributed by atoms with Crippen molar-refractivity contribution in [1.82, 2.24) is 10.2 Å². The monoisotopic (exact) mass is 368 g/mol. The fraction of sp³-hybridized carbons (Fsp3) is 0.700. The Morgan fingerprint density at radius 1 is 1.20 bits per heavy atom. The van der Waals surface area contributed by atoms with Gasteiger partial charge >= 0.3 is 0 Å². The lowest BCUT2D eigenvalue weighted by Crippen LogP contribution is -2.42. The number of benzene rings is 1. The molecule has 0 bridgehead atoms. The second kappa shape index (κ2) is 9.65. The summed E-state index contributed by atoms with van der Waals surface area (Å²) in [6.45, 7) is 6.89. The Labute approximate surface area is 158 Å². The minimum Gasteiger partial charge on any atom is -0.497 e. The van der Waals surface area contributed by atoms with Gasteiger partial charge in [0.05, 0.1) is 14.2 Å². The van der Waals surface area contributed by atoms with Crippen molar-refractivity contribution >= 4 is 12.4 Å². The Morgan fingerprint density at radius 3 is 2.60 bits per heavy atom. The number of halogens is 1. The first kappa shape index (κ1) is 20.3. The molecule has 1 heterocycles. The molecule has 2 fully saturated rings. The fourth-order valence-electron chi connectivity index (χ4n) is 3.86. The van der Waals surface area contributed by atoms with Crippen LogP contribution in [0.4, 0.5) is 0 Å². The second-order valence-electron chi connectivity index (χ2n) is 7.40. The molecule has 0 amide bonds. The summed E-state index contributed by atoms with van der Waals surface area (Å²) in [6.07, 6.45) is 5.43. The van der Waals surface area contributed by atoms with Gasteiger partial charge in [-0.1, -0.05) is 6.07 Å². The summed E-state index contributed by atoms with van der Waals surface area (Å²) in [5.74, 6) is 3.44. The molecule has 4 nitrogen and oxygen atoms in total. The predicted molar refractivity (Wildman–Crippen MR) is 105 cm³/mol. The van der Waals surface area contributed by atoms with Crippen molar-refractivity contribution in [2.45, 2.75) is 45.2 Å². The number of nitrogens with one attached hydrogen (secondary N) is 1. The quantitative estimate of drug-likeness (QED) is 0.758. The van der Waals surface area contributed by atoms with Crippen LogP contribution in [0.15, 0.2) is 18.2 Å². The molecule has 5 heteroatoms. The summed E-state index contributed by atoms with van der Waals surface area (Å²) in [5.41, 5.74) is 1.26. The molecule has 0 aromatic heterocycles. The molecule has 2 unspecified atom stereocenters. The van der Waals surface area contributed by atoms with E-state index in [2.05, 4.69) is 23.2 Å². The number of nitrogens with zero attached hydrogens (tertiary/aromatic N) is 1. The highest BCUT2D eigenvalue weighted by molar-refractivity contribution is 5.85. The third kappa shape index (κ3) is 5.50. The Balaban J connectivity index is 0.00000225. The van der Waals surface area contributed by atoms with Crippen LogP contribution in [0.2, 0.25) is 0 Å². The minimum absolute atomic E-state index is 0. The number of piperidine rings is 1. The summed E-state index contributed by atoms with van der Waals surface area (Å²) < 4.78 is 10.9. The molecular weight excluding hydrogens is 336 g/mol. The Hall–Kier alpha value is -0.970. The third-order valence-corrected chi connectivity index (χ3v) is 5.64. The Morgan fingerprint density at radius 2 is 2.00 bits per heavy atom. The highest BCUT2D eigenvalue weighted by Gasteiger charge is 2.33. The smallest absolute Gasteiger partial charge is 0.127 e. The van der Waals surface area contributed by atoms with Crippen molar-refractivity contribution in [1.29, 1.82) is 0 Å². The number of ether oxygens (including phenoxy) is 2. The molecule has 1 saturated heterocycles. The SMILES string of the molecule is COc1ccc(CN(CC2CCCNC2)C(C)C2CC2)c(OC)c1.Cl. The van der Waals surface area contributed by atoms with E-state index in [1.165, 1.54) is 44.3 Å². The van der Waals surface area contributed by atoms with Crippen LogP contribution < -0.4 is 14.8 Å². The Bertz CT molecular complexity index is 530. The molecule has 1 N–H and O–H groups in total. The highest BCUT2D eigenvalue weighted by Crippen LogP contribution is 2.37. The van der Waals surface area contributed by atoms with E-state index in [4.69, 9.17) is 9.47 Å². The van der Waals surface area contributed by atoms with Crippen LogP contribution in [-0.2, 0) is 6.54 Å². The maximum atomic E-state index is 5.62. The first-order valence-electron chi connectivity index (χ1n) is 9.37. The normalized spacial score (nSPS) is 21.5. The molecule has 1 aromatic rings. The van der Waals surface area contributed by atoms with Crippen LogP contribution >= 0.6 is 12.4 Å². The van der Waals surface area contributed by atoms with Crippen LogP contribution in [0.3, 0.4) is 0 Å². The van der Waals surface area contributed by atoms with Gasteiger partial charge in [-0.2, -0.15) is 0 Å². The van der Waals surface area contributed by atoms with Crippen molar-refractivity contribution in [3.63, 3.8) is 0 Å². The lowest BCUT2D eigenvalue weighted by Gasteiger charge is -2.34. The van der Waals surface area contributed by atoms with Crippen LogP contribution in [0, 0.1) is 11.8 Å². The second-order valence-corrected chi connectivity index (χ2v) is 7.40. The zero-order chi connectivity index (χ0) is 16.9. The van der Waals surface area contributed by atoms with Gasteiger partial charge in [0.25, 0.3) is 0 Å². The maximum absolute atomic E-state index is 5.62. The molecular formula is C20H33ClN2O2. The molecule has 2 aliphatic rings. The van der Waals surface area contributed by atoms with E-state index in [-0.39, 0.29) is 12.4 Å². The van der Waals surface area contributed by atoms with Gasteiger partial charge in [-0.25, -0.2) is 0 Å². The number of rotatable bonds is 8. The van der Waals surface area contributed by atoms with Gasteiger partial charge in [-0.3, -0.25) is 4.90 Å². The Kier molecular flexibility index (Phi) is 7.85. The summed E-state index contributed by atoms with van der Waals surface area (Å²) in [6, 6.07) is 6.85. The van der Waals surface area contributed by atoms with Crippen molar-refractivity contribution in [3.05, 3.63) is 23.8 Å². The minimum atomic E-state index is 0. The van der Waals surface area contributed by atoms with E-state index < -0.39 is 0 Å². The van der Waals surface area contributed by atoms with Gasteiger partial charge in [0.1, 0.15) is 11.5 Å². The van der Waals surface area contributed by atoms with E-state index in [0.29, 0.717) is 6.04 Å². The van der Waals surface area contributed by atoms with E-state index >= 15 is 0 Å². The van der Waals surface area contributed by atoms with Gasteiger partial charge in [0.15, 0.2) is 0 Å². The molecule has 25 heavy (non-hydrogen) atoms. The summed E-state index contributed by atoms with van der Waals surface area (Å²) >= 11 is 0. The largest absolute Gasteiger partial charge is 0.497 e.